The molecule has 0 atom stereocenters. The lowest BCUT2D eigenvalue weighted by Crippen LogP contribution is -2.49. The summed E-state index contributed by atoms with van der Waals surface area (Å²) >= 11 is 0. The van der Waals surface area contributed by atoms with Crippen LogP contribution in [0, 0.1) is 6.92 Å². The van der Waals surface area contributed by atoms with Crippen LogP contribution in [0.3, 0.4) is 0 Å². The minimum absolute atomic E-state index is 0.00497. The Morgan fingerprint density at radius 1 is 1.18 bits per heavy atom. The number of hydrogen-bond acceptors (Lipinski definition) is 5. The predicted molar refractivity (Wildman–Crippen MR) is 82.8 cm³/mol. The zero-order chi connectivity index (χ0) is 15.5. The van der Waals surface area contributed by atoms with E-state index in [0.29, 0.717) is 18.9 Å². The minimum Gasteiger partial charge on any atom is -0.353 e. The molecule has 0 saturated carbocycles. The molecule has 1 amide bonds. The van der Waals surface area contributed by atoms with Gasteiger partial charge in [0.25, 0.3) is 5.91 Å². The van der Waals surface area contributed by atoms with E-state index in [1.54, 1.807) is 12.4 Å². The standard InChI is InChI=1S/C15H20N6O/c1-3-19-7-6-17-14(19)15(22)21-10-8-20(9-11-21)13-4-5-16-12(2)18-13/h4-7H,3,8-11H2,1-2H3. The van der Waals surface area contributed by atoms with E-state index in [0.717, 1.165) is 31.3 Å². The Bertz CT molecular complexity index is 660. The summed E-state index contributed by atoms with van der Waals surface area (Å²) in [7, 11) is 0. The summed E-state index contributed by atoms with van der Waals surface area (Å²) in [6.07, 6.45) is 5.29. The second-order valence-corrected chi connectivity index (χ2v) is 5.28. The number of aromatic nitrogens is 4. The fraction of sp³-hybridized carbons (Fsp3) is 0.467. The van der Waals surface area contributed by atoms with Gasteiger partial charge in [0.2, 0.25) is 0 Å². The molecule has 2 aromatic heterocycles. The average Bonchev–Trinajstić information content (AvgIpc) is 3.03. The summed E-state index contributed by atoms with van der Waals surface area (Å²) in [5.74, 6) is 2.22. The van der Waals surface area contributed by atoms with Crippen molar-refractivity contribution < 1.29 is 4.79 Å². The lowest BCUT2D eigenvalue weighted by Gasteiger charge is -2.35. The van der Waals surface area contributed by atoms with E-state index >= 15 is 0 Å². The maximum atomic E-state index is 12.5. The molecule has 1 saturated heterocycles. The molecule has 2 aromatic rings. The second kappa shape index (κ2) is 6.13. The van der Waals surface area contributed by atoms with E-state index < -0.39 is 0 Å². The van der Waals surface area contributed by atoms with Crippen molar-refractivity contribution in [1.29, 1.82) is 0 Å². The van der Waals surface area contributed by atoms with E-state index in [2.05, 4.69) is 19.9 Å². The van der Waals surface area contributed by atoms with Crippen molar-refractivity contribution in [3.05, 3.63) is 36.3 Å². The average molecular weight is 300 g/mol. The molecular formula is C15H20N6O. The fourth-order valence-electron chi connectivity index (χ4n) is 2.66. The number of anilines is 1. The molecule has 1 aliphatic heterocycles. The van der Waals surface area contributed by atoms with Gasteiger partial charge in [0.15, 0.2) is 5.82 Å². The number of nitrogens with zero attached hydrogens (tertiary/aromatic N) is 6. The van der Waals surface area contributed by atoms with Crippen LogP contribution in [0.5, 0.6) is 0 Å². The van der Waals surface area contributed by atoms with Gasteiger partial charge in [0.1, 0.15) is 11.6 Å². The van der Waals surface area contributed by atoms with Crippen LogP contribution >= 0.6 is 0 Å². The highest BCUT2D eigenvalue weighted by Gasteiger charge is 2.25. The van der Waals surface area contributed by atoms with Crippen molar-refractivity contribution >= 4 is 11.7 Å². The molecule has 7 heteroatoms. The smallest absolute Gasteiger partial charge is 0.289 e. The topological polar surface area (TPSA) is 67.2 Å². The summed E-state index contributed by atoms with van der Waals surface area (Å²) in [4.78, 5) is 29.3. The second-order valence-electron chi connectivity index (χ2n) is 5.28. The SMILES string of the molecule is CCn1ccnc1C(=O)N1CCN(c2ccnc(C)n2)CC1. The molecule has 0 aliphatic carbocycles. The van der Waals surface area contributed by atoms with E-state index in [1.165, 1.54) is 0 Å². The van der Waals surface area contributed by atoms with Crippen LogP contribution in [0.4, 0.5) is 5.82 Å². The van der Waals surface area contributed by atoms with Crippen molar-refractivity contribution in [3.8, 4) is 0 Å². The van der Waals surface area contributed by atoms with Gasteiger partial charge in [-0.1, -0.05) is 0 Å². The van der Waals surface area contributed by atoms with Gasteiger partial charge in [-0.15, -0.1) is 0 Å². The van der Waals surface area contributed by atoms with Gasteiger partial charge in [-0.25, -0.2) is 15.0 Å². The maximum absolute atomic E-state index is 12.5. The molecule has 0 bridgehead atoms. The zero-order valence-corrected chi connectivity index (χ0v) is 12.9. The van der Waals surface area contributed by atoms with Gasteiger partial charge < -0.3 is 14.4 Å². The first-order valence-electron chi connectivity index (χ1n) is 7.54. The van der Waals surface area contributed by atoms with Crippen LogP contribution < -0.4 is 4.90 Å². The minimum atomic E-state index is 0.00497. The Balaban J connectivity index is 1.65. The van der Waals surface area contributed by atoms with Crippen LogP contribution in [0.25, 0.3) is 0 Å². The highest BCUT2D eigenvalue weighted by Crippen LogP contribution is 2.14. The first-order chi connectivity index (χ1) is 10.7. The number of imidazole rings is 1. The Labute approximate surface area is 129 Å². The summed E-state index contributed by atoms with van der Waals surface area (Å²) in [6.45, 7) is 7.55. The van der Waals surface area contributed by atoms with Crippen molar-refractivity contribution in [2.45, 2.75) is 20.4 Å². The molecule has 0 radical (unpaired) electrons. The largest absolute Gasteiger partial charge is 0.353 e. The Morgan fingerprint density at radius 3 is 2.64 bits per heavy atom. The molecule has 1 aliphatic rings. The van der Waals surface area contributed by atoms with Crippen LogP contribution in [-0.2, 0) is 6.54 Å². The normalized spacial score (nSPS) is 15.2. The number of carbonyl (C=O) groups is 1. The lowest BCUT2D eigenvalue weighted by molar-refractivity contribution is 0.0729. The molecule has 22 heavy (non-hydrogen) atoms. The number of aryl methyl sites for hydroxylation is 2. The first kappa shape index (κ1) is 14.5. The monoisotopic (exact) mass is 300 g/mol. The number of hydrogen-bond donors (Lipinski definition) is 0. The zero-order valence-electron chi connectivity index (χ0n) is 12.9. The number of amides is 1. The Hall–Kier alpha value is -2.44. The number of carbonyl (C=O) groups excluding carboxylic acids is 1. The van der Waals surface area contributed by atoms with Crippen LogP contribution in [0.1, 0.15) is 23.4 Å². The molecule has 0 N–H and O–H groups in total. The fourth-order valence-corrected chi connectivity index (χ4v) is 2.66. The van der Waals surface area contributed by atoms with Gasteiger partial charge in [-0.2, -0.15) is 0 Å². The molecule has 0 spiro atoms. The summed E-state index contributed by atoms with van der Waals surface area (Å²) in [6, 6.07) is 1.91. The third-order valence-electron chi connectivity index (χ3n) is 3.90. The Morgan fingerprint density at radius 2 is 1.95 bits per heavy atom. The molecule has 3 heterocycles. The van der Waals surface area contributed by atoms with Gasteiger partial charge >= 0.3 is 0 Å². The van der Waals surface area contributed by atoms with E-state index in [4.69, 9.17) is 0 Å². The molecule has 1 fully saturated rings. The van der Waals surface area contributed by atoms with Crippen LogP contribution in [0.2, 0.25) is 0 Å². The van der Waals surface area contributed by atoms with Crippen molar-refractivity contribution in [2.75, 3.05) is 31.1 Å². The van der Waals surface area contributed by atoms with E-state index in [-0.39, 0.29) is 5.91 Å². The van der Waals surface area contributed by atoms with Crippen molar-refractivity contribution in [1.82, 2.24) is 24.4 Å². The molecule has 0 aromatic carbocycles. The predicted octanol–water partition coefficient (Wildman–Crippen LogP) is 0.964. The van der Waals surface area contributed by atoms with Crippen LogP contribution in [0.15, 0.2) is 24.7 Å². The van der Waals surface area contributed by atoms with Crippen molar-refractivity contribution in [2.24, 2.45) is 0 Å². The third-order valence-corrected chi connectivity index (χ3v) is 3.90. The summed E-state index contributed by atoms with van der Waals surface area (Å²) in [5, 5.41) is 0. The lowest BCUT2D eigenvalue weighted by atomic mass is 10.3. The number of rotatable bonds is 3. The van der Waals surface area contributed by atoms with Crippen LogP contribution in [-0.4, -0.2) is 56.5 Å². The quantitative estimate of drug-likeness (QED) is 0.845. The number of piperazine rings is 1. The van der Waals surface area contributed by atoms with Gasteiger partial charge in [-0.05, 0) is 19.9 Å². The molecule has 0 unspecified atom stereocenters. The van der Waals surface area contributed by atoms with Gasteiger partial charge in [-0.3, -0.25) is 4.79 Å². The summed E-state index contributed by atoms with van der Waals surface area (Å²) in [5.41, 5.74) is 0. The third kappa shape index (κ3) is 2.79. The molecular weight excluding hydrogens is 280 g/mol. The maximum Gasteiger partial charge on any atom is 0.289 e. The Kier molecular flexibility index (Phi) is 4.04. The van der Waals surface area contributed by atoms with Crippen molar-refractivity contribution in [3.63, 3.8) is 0 Å². The van der Waals surface area contributed by atoms with Gasteiger partial charge in [0.05, 0.1) is 0 Å². The van der Waals surface area contributed by atoms with Gasteiger partial charge in [0, 0.05) is 51.3 Å². The molecule has 116 valence electrons. The highest BCUT2D eigenvalue weighted by atomic mass is 16.2. The summed E-state index contributed by atoms with van der Waals surface area (Å²) < 4.78 is 1.88. The highest BCUT2D eigenvalue weighted by molar-refractivity contribution is 5.91. The first-order valence-corrected chi connectivity index (χ1v) is 7.54. The molecule has 3 rings (SSSR count). The van der Waals surface area contributed by atoms with E-state index in [1.807, 2.05) is 35.6 Å². The van der Waals surface area contributed by atoms with E-state index in [9.17, 15) is 4.79 Å². The molecule has 7 nitrogen and oxygen atoms in total.